The molecule has 0 atom stereocenters. The summed E-state index contributed by atoms with van der Waals surface area (Å²) in [5, 5.41) is -0.443. The highest BCUT2D eigenvalue weighted by molar-refractivity contribution is 6.31. The molecule has 0 bridgehead atoms. The van der Waals surface area contributed by atoms with E-state index in [1.54, 1.807) is 12.1 Å². The Labute approximate surface area is 177 Å². The molecule has 2 aromatic rings. The summed E-state index contributed by atoms with van der Waals surface area (Å²) in [6.45, 7) is 0.721. The number of carbonyl (C=O) groups is 2. The first-order chi connectivity index (χ1) is 13.9. The number of amides is 2. The molecule has 0 fully saturated rings. The quantitative estimate of drug-likeness (QED) is 0.497. The Morgan fingerprint density at radius 1 is 1.07 bits per heavy atom. The van der Waals surface area contributed by atoms with Gasteiger partial charge in [-0.25, -0.2) is 0 Å². The van der Waals surface area contributed by atoms with Crippen molar-refractivity contribution in [1.29, 1.82) is 0 Å². The van der Waals surface area contributed by atoms with Crippen molar-refractivity contribution in [2.45, 2.75) is 12.7 Å². The summed E-state index contributed by atoms with van der Waals surface area (Å²) in [7, 11) is 5.99. The summed E-state index contributed by atoms with van der Waals surface area (Å²) in [5.74, 6) is -0.885. The van der Waals surface area contributed by atoms with Gasteiger partial charge in [0.1, 0.15) is 18.9 Å². The van der Waals surface area contributed by atoms with E-state index in [4.69, 9.17) is 16.3 Å². The van der Waals surface area contributed by atoms with Gasteiger partial charge in [-0.2, -0.15) is 13.2 Å². The summed E-state index contributed by atoms with van der Waals surface area (Å²) < 4.78 is 45.7. The average molecular weight is 442 g/mol. The normalized spacial score (nSPS) is 14.3. The molecule has 0 saturated carbocycles. The third-order valence-electron chi connectivity index (χ3n) is 4.66. The van der Waals surface area contributed by atoms with Gasteiger partial charge < -0.3 is 9.22 Å². The fourth-order valence-electron chi connectivity index (χ4n) is 3.07. The number of nitrogens with zero attached hydrogens (tertiary/aromatic N) is 2. The van der Waals surface area contributed by atoms with E-state index in [-0.39, 0.29) is 29.0 Å². The monoisotopic (exact) mass is 441 g/mol. The Hall–Kier alpha value is -2.58. The lowest BCUT2D eigenvalue weighted by Gasteiger charge is -2.23. The zero-order chi connectivity index (χ0) is 22.3. The maximum atomic E-state index is 13.1. The molecule has 0 unspecified atom stereocenters. The van der Waals surface area contributed by atoms with Crippen LogP contribution in [0.4, 0.5) is 13.2 Å². The van der Waals surface area contributed by atoms with Gasteiger partial charge in [0, 0.05) is 0 Å². The van der Waals surface area contributed by atoms with Crippen molar-refractivity contribution >= 4 is 23.4 Å². The highest BCUT2D eigenvalue weighted by Gasteiger charge is 2.39. The third kappa shape index (κ3) is 4.60. The van der Waals surface area contributed by atoms with Gasteiger partial charge in [0.2, 0.25) is 0 Å². The molecule has 0 radical (unpaired) electrons. The van der Waals surface area contributed by atoms with Crippen LogP contribution in [0.5, 0.6) is 5.75 Å². The molecule has 1 heterocycles. The van der Waals surface area contributed by atoms with E-state index in [0.29, 0.717) is 17.6 Å². The lowest BCUT2D eigenvalue weighted by Crippen LogP contribution is -2.38. The number of halogens is 4. The maximum absolute atomic E-state index is 13.1. The standard InChI is InChI=1S/C21H21ClF3N2O3/c1-27(2,3)9-10-30-17-6-4-5-14-18(17)20(29)26(19(14)28)12-13-7-8-16(22)15(11-13)21(23,24)25/h4-8,11H,9-10,12H2,1-3H3/q+1. The van der Waals surface area contributed by atoms with Crippen LogP contribution in [0.2, 0.25) is 5.02 Å². The van der Waals surface area contributed by atoms with Crippen molar-refractivity contribution in [3.8, 4) is 5.75 Å². The van der Waals surface area contributed by atoms with Crippen LogP contribution in [-0.2, 0) is 12.7 Å². The van der Waals surface area contributed by atoms with Crippen molar-refractivity contribution in [2.24, 2.45) is 0 Å². The largest absolute Gasteiger partial charge is 0.487 e. The fourth-order valence-corrected chi connectivity index (χ4v) is 3.29. The van der Waals surface area contributed by atoms with Gasteiger partial charge in [0.25, 0.3) is 11.8 Å². The lowest BCUT2D eigenvalue weighted by atomic mass is 10.1. The molecule has 2 aromatic carbocycles. The summed E-state index contributed by atoms with van der Waals surface area (Å²) in [5.41, 5.74) is -0.557. The molecular weight excluding hydrogens is 421 g/mol. The minimum absolute atomic E-state index is 0.133. The molecule has 5 nitrogen and oxygen atoms in total. The molecule has 9 heteroatoms. The average Bonchev–Trinajstić information content (AvgIpc) is 2.87. The van der Waals surface area contributed by atoms with Gasteiger partial charge in [-0.1, -0.05) is 23.7 Å². The number of alkyl halides is 3. The van der Waals surface area contributed by atoms with Crippen LogP contribution >= 0.6 is 11.6 Å². The van der Waals surface area contributed by atoms with Crippen LogP contribution < -0.4 is 4.74 Å². The van der Waals surface area contributed by atoms with E-state index in [9.17, 15) is 22.8 Å². The van der Waals surface area contributed by atoms with Crippen molar-refractivity contribution in [3.05, 3.63) is 63.7 Å². The van der Waals surface area contributed by atoms with Crippen molar-refractivity contribution in [1.82, 2.24) is 4.90 Å². The SMILES string of the molecule is C[N+](C)(C)CCOc1cccc2c1C(=O)N(Cc1ccc(Cl)c(C(F)(F)F)c1)C2=O. The number of hydrogen-bond acceptors (Lipinski definition) is 3. The first kappa shape index (κ1) is 22.1. The zero-order valence-corrected chi connectivity index (χ0v) is 17.5. The predicted octanol–water partition coefficient (Wildman–Crippen LogP) is 4.24. The van der Waals surface area contributed by atoms with Gasteiger partial charge in [-0.3, -0.25) is 14.5 Å². The molecule has 0 spiro atoms. The van der Waals surface area contributed by atoms with E-state index in [2.05, 4.69) is 0 Å². The second kappa shape index (κ2) is 7.92. The number of carbonyl (C=O) groups excluding carboxylic acids is 2. The van der Waals surface area contributed by atoms with Crippen LogP contribution in [0, 0.1) is 0 Å². The van der Waals surface area contributed by atoms with E-state index >= 15 is 0 Å². The molecular formula is C21H21ClF3N2O3+. The molecule has 1 aliphatic rings. The summed E-state index contributed by atoms with van der Waals surface area (Å²) in [6, 6.07) is 8.04. The smallest absolute Gasteiger partial charge is 0.417 e. The molecule has 160 valence electrons. The molecule has 0 saturated heterocycles. The van der Waals surface area contributed by atoms with Crippen molar-refractivity contribution < 1.29 is 32.0 Å². The van der Waals surface area contributed by atoms with Crippen LogP contribution in [0.25, 0.3) is 0 Å². The summed E-state index contributed by atoms with van der Waals surface area (Å²) >= 11 is 5.64. The van der Waals surface area contributed by atoms with E-state index in [0.717, 1.165) is 17.0 Å². The Morgan fingerprint density at radius 2 is 1.77 bits per heavy atom. The number of imide groups is 1. The molecule has 1 aliphatic heterocycles. The molecule has 2 amide bonds. The van der Waals surface area contributed by atoms with Crippen molar-refractivity contribution in [2.75, 3.05) is 34.3 Å². The first-order valence-electron chi connectivity index (χ1n) is 9.16. The van der Waals surface area contributed by atoms with Crippen LogP contribution in [0.1, 0.15) is 31.8 Å². The highest BCUT2D eigenvalue weighted by Crippen LogP contribution is 2.36. The van der Waals surface area contributed by atoms with E-state index < -0.39 is 28.6 Å². The number of quaternary nitrogens is 1. The molecule has 3 rings (SSSR count). The minimum Gasteiger partial charge on any atom is -0.487 e. The van der Waals surface area contributed by atoms with Gasteiger partial charge >= 0.3 is 6.18 Å². The number of fused-ring (bicyclic) bond motifs is 1. The topological polar surface area (TPSA) is 46.6 Å². The Balaban J connectivity index is 1.85. The van der Waals surface area contributed by atoms with Gasteiger partial charge in [-0.15, -0.1) is 0 Å². The van der Waals surface area contributed by atoms with Gasteiger partial charge in [0.15, 0.2) is 0 Å². The van der Waals surface area contributed by atoms with Crippen LogP contribution in [-0.4, -0.2) is 55.5 Å². The number of rotatable bonds is 6. The number of benzene rings is 2. The molecule has 30 heavy (non-hydrogen) atoms. The first-order valence-corrected chi connectivity index (χ1v) is 9.54. The number of likely N-dealkylation sites (N-methyl/N-ethyl adjacent to an activating group) is 1. The van der Waals surface area contributed by atoms with Gasteiger partial charge in [-0.05, 0) is 29.8 Å². The van der Waals surface area contributed by atoms with E-state index in [1.165, 1.54) is 12.1 Å². The summed E-state index contributed by atoms with van der Waals surface area (Å²) in [4.78, 5) is 26.6. The molecule has 0 N–H and O–H groups in total. The molecule has 0 aromatic heterocycles. The van der Waals surface area contributed by atoms with Crippen molar-refractivity contribution in [3.63, 3.8) is 0 Å². The maximum Gasteiger partial charge on any atom is 0.417 e. The Morgan fingerprint density at radius 3 is 2.40 bits per heavy atom. The van der Waals surface area contributed by atoms with Crippen LogP contribution in [0.3, 0.4) is 0 Å². The third-order valence-corrected chi connectivity index (χ3v) is 4.99. The predicted molar refractivity (Wildman–Crippen MR) is 105 cm³/mol. The van der Waals surface area contributed by atoms with Gasteiger partial charge in [0.05, 0.1) is 49.4 Å². The van der Waals surface area contributed by atoms with Crippen LogP contribution in [0.15, 0.2) is 36.4 Å². The second-order valence-electron chi connectivity index (χ2n) is 8.05. The lowest BCUT2D eigenvalue weighted by molar-refractivity contribution is -0.870. The Bertz CT molecular complexity index is 1000. The minimum atomic E-state index is -4.64. The zero-order valence-electron chi connectivity index (χ0n) is 16.7. The van der Waals surface area contributed by atoms with E-state index in [1.807, 2.05) is 21.1 Å². The second-order valence-corrected chi connectivity index (χ2v) is 8.46. The highest BCUT2D eigenvalue weighted by atomic mass is 35.5. The number of hydrogen-bond donors (Lipinski definition) is 0. The summed E-state index contributed by atoms with van der Waals surface area (Å²) in [6.07, 6.45) is -4.64. The molecule has 0 aliphatic carbocycles. The Kier molecular flexibility index (Phi) is 5.84. The fraction of sp³-hybridized carbons (Fsp3) is 0.333. The number of ether oxygens (including phenoxy) is 1.